The standard InChI is InChI=1S/C14H27NO2S/c1-11-13(5-8-17-11)18-9-6-12-4-3-7-14(12,10-16)15-2/h11-13,15-16H,3-10H2,1-2H3. The smallest absolute Gasteiger partial charge is 0.0666 e. The predicted molar refractivity (Wildman–Crippen MR) is 77.1 cm³/mol. The van der Waals surface area contributed by atoms with Crippen LogP contribution in [0.5, 0.6) is 0 Å². The molecule has 1 aliphatic carbocycles. The van der Waals surface area contributed by atoms with Crippen LogP contribution in [0.15, 0.2) is 0 Å². The normalized spacial score (nSPS) is 40.5. The van der Waals surface area contributed by atoms with E-state index in [4.69, 9.17) is 4.74 Å². The third kappa shape index (κ3) is 3.03. The van der Waals surface area contributed by atoms with Crippen LogP contribution in [0.3, 0.4) is 0 Å². The molecule has 3 nitrogen and oxygen atoms in total. The number of likely N-dealkylation sites (N-methyl/N-ethyl adjacent to an activating group) is 1. The summed E-state index contributed by atoms with van der Waals surface area (Å²) in [5.74, 6) is 1.84. The highest BCUT2D eigenvalue weighted by Gasteiger charge is 2.40. The van der Waals surface area contributed by atoms with E-state index < -0.39 is 0 Å². The molecule has 1 aliphatic heterocycles. The van der Waals surface area contributed by atoms with E-state index in [1.165, 1.54) is 31.4 Å². The second-order valence-corrected chi connectivity index (χ2v) is 7.06. The Kier molecular flexibility index (Phi) is 5.36. The molecule has 4 heteroatoms. The van der Waals surface area contributed by atoms with Gasteiger partial charge in [0.25, 0.3) is 0 Å². The van der Waals surface area contributed by atoms with Crippen LogP contribution >= 0.6 is 11.8 Å². The van der Waals surface area contributed by atoms with Gasteiger partial charge in [-0.15, -0.1) is 0 Å². The van der Waals surface area contributed by atoms with Gasteiger partial charge in [0.2, 0.25) is 0 Å². The Bertz CT molecular complexity index is 258. The molecule has 0 aromatic rings. The summed E-state index contributed by atoms with van der Waals surface area (Å²) in [6.07, 6.45) is 6.48. The number of ether oxygens (including phenoxy) is 1. The van der Waals surface area contributed by atoms with Crippen molar-refractivity contribution in [3.63, 3.8) is 0 Å². The van der Waals surface area contributed by atoms with Crippen LogP contribution in [-0.4, -0.2) is 48.0 Å². The van der Waals surface area contributed by atoms with Crippen molar-refractivity contribution in [1.82, 2.24) is 5.32 Å². The fourth-order valence-electron chi connectivity index (χ4n) is 3.47. The predicted octanol–water partition coefficient (Wildman–Crippen LogP) is 2.04. The second kappa shape index (κ2) is 6.60. The number of hydrogen-bond acceptors (Lipinski definition) is 4. The molecule has 2 rings (SSSR count). The molecular formula is C14H27NO2S. The van der Waals surface area contributed by atoms with E-state index in [1.54, 1.807) is 0 Å². The Morgan fingerprint density at radius 2 is 2.28 bits per heavy atom. The van der Waals surface area contributed by atoms with Crippen LogP contribution in [0.2, 0.25) is 0 Å². The molecule has 18 heavy (non-hydrogen) atoms. The van der Waals surface area contributed by atoms with E-state index in [-0.39, 0.29) is 12.1 Å². The van der Waals surface area contributed by atoms with Crippen LogP contribution in [0.1, 0.15) is 39.0 Å². The first kappa shape index (κ1) is 14.6. The zero-order chi connectivity index (χ0) is 13.0. The van der Waals surface area contributed by atoms with Gasteiger partial charge in [-0.05, 0) is 51.3 Å². The summed E-state index contributed by atoms with van der Waals surface area (Å²) in [4.78, 5) is 0. The molecular weight excluding hydrogens is 246 g/mol. The van der Waals surface area contributed by atoms with Gasteiger partial charge in [-0.2, -0.15) is 11.8 Å². The maximum Gasteiger partial charge on any atom is 0.0666 e. The molecule has 4 unspecified atom stereocenters. The van der Waals surface area contributed by atoms with Crippen molar-refractivity contribution in [1.29, 1.82) is 0 Å². The van der Waals surface area contributed by atoms with Crippen molar-refractivity contribution in [3.8, 4) is 0 Å². The van der Waals surface area contributed by atoms with Gasteiger partial charge in [-0.25, -0.2) is 0 Å². The van der Waals surface area contributed by atoms with Crippen molar-refractivity contribution in [3.05, 3.63) is 0 Å². The lowest BCUT2D eigenvalue weighted by Crippen LogP contribution is -2.49. The first-order valence-corrected chi connectivity index (χ1v) is 8.29. The van der Waals surface area contributed by atoms with Gasteiger partial charge in [-0.1, -0.05) is 6.42 Å². The highest BCUT2D eigenvalue weighted by atomic mass is 32.2. The lowest BCUT2D eigenvalue weighted by molar-refractivity contribution is 0.126. The van der Waals surface area contributed by atoms with E-state index in [1.807, 2.05) is 7.05 Å². The maximum atomic E-state index is 9.65. The van der Waals surface area contributed by atoms with E-state index in [0.717, 1.165) is 13.0 Å². The number of thioether (sulfide) groups is 1. The Morgan fingerprint density at radius 3 is 2.89 bits per heavy atom. The molecule has 0 aromatic heterocycles. The molecule has 0 bridgehead atoms. The van der Waals surface area contributed by atoms with Gasteiger partial charge in [0, 0.05) is 17.4 Å². The van der Waals surface area contributed by atoms with E-state index >= 15 is 0 Å². The van der Waals surface area contributed by atoms with Crippen molar-refractivity contribution >= 4 is 11.8 Å². The minimum absolute atomic E-state index is 0.00163. The lowest BCUT2D eigenvalue weighted by atomic mass is 9.86. The first-order valence-electron chi connectivity index (χ1n) is 7.25. The van der Waals surface area contributed by atoms with Gasteiger partial charge in [-0.3, -0.25) is 0 Å². The fourth-order valence-corrected chi connectivity index (χ4v) is 4.81. The van der Waals surface area contributed by atoms with Crippen molar-refractivity contribution in [2.24, 2.45) is 5.92 Å². The third-order valence-electron chi connectivity index (χ3n) is 4.84. The first-order chi connectivity index (χ1) is 8.72. The highest BCUT2D eigenvalue weighted by Crippen LogP contribution is 2.39. The SMILES string of the molecule is CNC1(CO)CCCC1CCSC1CCOC1C. The minimum Gasteiger partial charge on any atom is -0.394 e. The zero-order valence-electron chi connectivity index (χ0n) is 11.7. The molecule has 0 amide bonds. The molecule has 2 fully saturated rings. The molecule has 0 aromatic carbocycles. The van der Waals surface area contributed by atoms with Gasteiger partial charge in [0.15, 0.2) is 0 Å². The van der Waals surface area contributed by atoms with Gasteiger partial charge in [0.05, 0.1) is 12.7 Å². The van der Waals surface area contributed by atoms with Crippen molar-refractivity contribution in [2.75, 3.05) is 26.0 Å². The summed E-state index contributed by atoms with van der Waals surface area (Å²) in [7, 11) is 1.99. The van der Waals surface area contributed by atoms with Crippen molar-refractivity contribution < 1.29 is 9.84 Å². The lowest BCUT2D eigenvalue weighted by Gasteiger charge is -2.33. The average molecular weight is 273 g/mol. The zero-order valence-corrected chi connectivity index (χ0v) is 12.5. The molecule has 4 atom stereocenters. The summed E-state index contributed by atoms with van der Waals surface area (Å²) in [6, 6.07) is 0. The Hall–Kier alpha value is 0.230. The second-order valence-electron chi connectivity index (χ2n) is 5.72. The number of aliphatic hydroxyl groups is 1. The molecule has 1 heterocycles. The Labute approximate surface area is 115 Å². The molecule has 1 saturated heterocycles. The number of aliphatic hydroxyl groups excluding tert-OH is 1. The van der Waals surface area contributed by atoms with E-state index in [9.17, 15) is 5.11 Å². The third-order valence-corrected chi connectivity index (χ3v) is 6.36. The number of rotatable bonds is 6. The van der Waals surface area contributed by atoms with Crippen LogP contribution in [0, 0.1) is 5.92 Å². The maximum absolute atomic E-state index is 9.65. The molecule has 1 saturated carbocycles. The quantitative estimate of drug-likeness (QED) is 0.777. The van der Waals surface area contributed by atoms with Crippen LogP contribution < -0.4 is 5.32 Å². The summed E-state index contributed by atoms with van der Waals surface area (Å²) >= 11 is 2.07. The summed E-state index contributed by atoms with van der Waals surface area (Å²) in [6.45, 7) is 3.40. The summed E-state index contributed by atoms with van der Waals surface area (Å²) < 4.78 is 5.60. The Morgan fingerprint density at radius 1 is 1.44 bits per heavy atom. The summed E-state index contributed by atoms with van der Waals surface area (Å²) in [5.41, 5.74) is -0.00163. The van der Waals surface area contributed by atoms with Gasteiger partial charge < -0.3 is 15.2 Å². The number of nitrogens with one attached hydrogen (secondary N) is 1. The largest absolute Gasteiger partial charge is 0.394 e. The Balaban J connectivity index is 1.75. The highest BCUT2D eigenvalue weighted by molar-refractivity contribution is 7.99. The fraction of sp³-hybridized carbons (Fsp3) is 1.00. The summed E-state index contributed by atoms with van der Waals surface area (Å²) in [5, 5.41) is 13.7. The molecule has 2 N–H and O–H groups in total. The monoisotopic (exact) mass is 273 g/mol. The molecule has 2 aliphatic rings. The van der Waals surface area contributed by atoms with Crippen LogP contribution in [0.4, 0.5) is 0 Å². The molecule has 0 spiro atoms. The van der Waals surface area contributed by atoms with Crippen LogP contribution in [-0.2, 0) is 4.74 Å². The molecule has 106 valence electrons. The number of hydrogen-bond donors (Lipinski definition) is 2. The molecule has 0 radical (unpaired) electrons. The average Bonchev–Trinajstić information content (AvgIpc) is 2.97. The van der Waals surface area contributed by atoms with Crippen LogP contribution in [0.25, 0.3) is 0 Å². The van der Waals surface area contributed by atoms with E-state index in [2.05, 4.69) is 24.0 Å². The minimum atomic E-state index is -0.00163. The van der Waals surface area contributed by atoms with Crippen molar-refractivity contribution in [2.45, 2.75) is 55.9 Å². The van der Waals surface area contributed by atoms with Gasteiger partial charge >= 0.3 is 0 Å². The van der Waals surface area contributed by atoms with E-state index in [0.29, 0.717) is 17.3 Å². The topological polar surface area (TPSA) is 41.5 Å². The van der Waals surface area contributed by atoms with Gasteiger partial charge in [0.1, 0.15) is 0 Å².